The predicted molar refractivity (Wildman–Crippen MR) is 203 cm³/mol. The molecule has 1 fully saturated rings. The van der Waals surface area contributed by atoms with Gasteiger partial charge in [-0.05, 0) is 69.0 Å². The summed E-state index contributed by atoms with van der Waals surface area (Å²) in [6, 6.07) is 4.26. The van der Waals surface area contributed by atoms with Crippen LogP contribution in [-0.2, 0) is 38.7 Å². The van der Waals surface area contributed by atoms with E-state index >= 15 is 0 Å². The zero-order valence-electron chi connectivity index (χ0n) is 33.4. The normalized spacial score (nSPS) is 19.2. The number of rotatable bonds is 20. The number of likely N-dealkylation sites (N-methyl/N-ethyl adjacent to an activating group) is 2. The van der Waals surface area contributed by atoms with Crippen molar-refractivity contribution in [1.29, 1.82) is 0 Å². The summed E-state index contributed by atoms with van der Waals surface area (Å²) in [6.45, 7) is 14.0. The minimum absolute atomic E-state index is 0.0243. The lowest BCUT2D eigenvalue weighted by Crippen LogP contribution is -2.54. The molecule has 0 unspecified atom stereocenters. The van der Waals surface area contributed by atoms with E-state index in [1.807, 2.05) is 60.5 Å². The second-order valence-electron chi connectivity index (χ2n) is 15.3. The van der Waals surface area contributed by atoms with Crippen molar-refractivity contribution in [2.24, 2.45) is 29.6 Å². The van der Waals surface area contributed by atoms with Gasteiger partial charge in [0.2, 0.25) is 17.7 Å². The zero-order chi connectivity index (χ0) is 39.7. The summed E-state index contributed by atoms with van der Waals surface area (Å²) < 4.78 is 39.8. The van der Waals surface area contributed by atoms with Crippen LogP contribution in [0.3, 0.4) is 0 Å². The first-order valence-corrected chi connectivity index (χ1v) is 19.9. The molecular formula is C38H65N5O8S. The molecule has 0 aromatic heterocycles. The van der Waals surface area contributed by atoms with E-state index in [1.54, 1.807) is 23.8 Å². The number of anilines is 1. The Balaban J connectivity index is 2.29. The van der Waals surface area contributed by atoms with Gasteiger partial charge in [0.15, 0.2) is 5.78 Å². The average molecular weight is 752 g/mol. The highest BCUT2D eigenvalue weighted by Gasteiger charge is 2.43. The number of nitrogens with zero attached hydrogens (tertiary/aromatic N) is 3. The molecule has 0 bridgehead atoms. The summed E-state index contributed by atoms with van der Waals surface area (Å²) >= 11 is 0. The molecule has 0 radical (unpaired) electrons. The second-order valence-corrected chi connectivity index (χ2v) is 17.0. The zero-order valence-corrected chi connectivity index (χ0v) is 34.2. The molecule has 1 aromatic rings. The standard InChI is InChI=1S/C38H65N5O8S/c1-13-25(6)35(42(10)38(47)29(23(2)3)21-31(44)34(24(4)5)41(8)9)32(50-11)22-33(45)43-20-14-15-30(43)36(51-12)26(7)37(46)40-52(48,49)28-18-16-27(39)17-19-28/h16-19,23-26,29-30,32,34-36H,13-15,20-22,39H2,1-12H3,(H,40,46)/t25-,26+,29-,30-,32+,34-,35-,36+/m0/s1. The van der Waals surface area contributed by atoms with Crippen LogP contribution in [0.15, 0.2) is 29.2 Å². The van der Waals surface area contributed by atoms with Gasteiger partial charge in [-0.2, -0.15) is 0 Å². The van der Waals surface area contributed by atoms with Crippen LogP contribution < -0.4 is 10.5 Å². The number of Topliss-reactive ketones (excluding diaryl/α,β-unsaturated/α-hetero) is 1. The molecule has 52 heavy (non-hydrogen) atoms. The molecule has 296 valence electrons. The average Bonchev–Trinajstić information content (AvgIpc) is 3.55. The molecule has 3 N–H and O–H groups in total. The number of carbonyl (C=O) groups is 4. The molecule has 1 saturated heterocycles. The summed E-state index contributed by atoms with van der Waals surface area (Å²) in [7, 11) is 4.31. The van der Waals surface area contributed by atoms with E-state index in [0.717, 1.165) is 6.42 Å². The maximum absolute atomic E-state index is 14.2. The van der Waals surface area contributed by atoms with Gasteiger partial charge in [0.25, 0.3) is 10.0 Å². The third-order valence-corrected chi connectivity index (χ3v) is 12.1. The molecule has 0 aliphatic carbocycles. The highest BCUT2D eigenvalue weighted by molar-refractivity contribution is 7.90. The van der Waals surface area contributed by atoms with Crippen molar-refractivity contribution >= 4 is 39.2 Å². The van der Waals surface area contributed by atoms with Gasteiger partial charge in [0, 0.05) is 45.8 Å². The third kappa shape index (κ3) is 11.2. The lowest BCUT2D eigenvalue weighted by molar-refractivity contribution is -0.149. The number of likely N-dealkylation sites (tertiary alicyclic amines) is 1. The van der Waals surface area contributed by atoms with Crippen LogP contribution in [0.4, 0.5) is 5.69 Å². The number of sulfonamides is 1. The molecule has 0 spiro atoms. The van der Waals surface area contributed by atoms with Gasteiger partial charge in [-0.15, -0.1) is 0 Å². The first kappa shape index (κ1) is 45.1. The summed E-state index contributed by atoms with van der Waals surface area (Å²) in [5, 5.41) is 0. The summed E-state index contributed by atoms with van der Waals surface area (Å²) in [4.78, 5) is 60.3. The number of methoxy groups -OCH3 is 2. The highest BCUT2D eigenvalue weighted by atomic mass is 32.2. The lowest BCUT2D eigenvalue weighted by atomic mass is 9.83. The third-order valence-electron chi connectivity index (χ3n) is 10.7. The fourth-order valence-electron chi connectivity index (χ4n) is 7.70. The Hall–Kier alpha value is -3.07. The van der Waals surface area contributed by atoms with Crippen molar-refractivity contribution in [2.45, 2.75) is 116 Å². The number of nitrogen functional groups attached to an aromatic ring is 1. The van der Waals surface area contributed by atoms with Crippen LogP contribution >= 0.6 is 0 Å². The summed E-state index contributed by atoms with van der Waals surface area (Å²) in [5.41, 5.74) is 6.07. The van der Waals surface area contributed by atoms with Gasteiger partial charge in [0.1, 0.15) is 0 Å². The SMILES string of the molecule is CC[C@H](C)[C@@H]([C@@H](CC(=O)N1CCC[C@H]1[C@H](OC)[C@@H](C)C(=O)NS(=O)(=O)c1ccc(N)cc1)OC)N(C)C(=O)[C@@H](CC(=O)[C@H](C(C)C)N(C)C)C(C)C. The van der Waals surface area contributed by atoms with E-state index in [2.05, 4.69) is 4.72 Å². The lowest BCUT2D eigenvalue weighted by Gasteiger charge is -2.41. The number of nitrogens with two attached hydrogens (primary N) is 1. The fraction of sp³-hybridized carbons (Fsp3) is 0.737. The molecule has 8 atom stereocenters. The fourth-order valence-corrected chi connectivity index (χ4v) is 8.76. The Bertz CT molecular complexity index is 1440. The van der Waals surface area contributed by atoms with Crippen molar-refractivity contribution in [3.8, 4) is 0 Å². The molecule has 3 amide bonds. The van der Waals surface area contributed by atoms with E-state index in [0.29, 0.717) is 25.1 Å². The summed E-state index contributed by atoms with van der Waals surface area (Å²) in [5.74, 6) is -2.59. The van der Waals surface area contributed by atoms with Crippen LogP contribution in [0.25, 0.3) is 0 Å². The molecule has 14 heteroatoms. The Morgan fingerprint density at radius 2 is 1.54 bits per heavy atom. The Kier molecular flexibility index (Phi) is 17.2. The van der Waals surface area contributed by atoms with Crippen molar-refractivity contribution in [3.05, 3.63) is 24.3 Å². The van der Waals surface area contributed by atoms with Crippen molar-refractivity contribution in [2.75, 3.05) is 47.6 Å². The number of nitrogens with one attached hydrogen (secondary N) is 1. The summed E-state index contributed by atoms with van der Waals surface area (Å²) in [6.07, 6.45) is 0.611. The minimum Gasteiger partial charge on any atom is -0.399 e. The number of ether oxygens (including phenoxy) is 2. The van der Waals surface area contributed by atoms with E-state index in [1.165, 1.54) is 38.5 Å². The molecule has 2 rings (SSSR count). The van der Waals surface area contributed by atoms with Crippen LogP contribution in [0.1, 0.15) is 80.6 Å². The number of amides is 3. The molecular weight excluding hydrogens is 687 g/mol. The van der Waals surface area contributed by atoms with Crippen LogP contribution in [0.5, 0.6) is 0 Å². The van der Waals surface area contributed by atoms with Gasteiger partial charge in [0.05, 0.1) is 47.6 Å². The second kappa shape index (κ2) is 19.8. The number of hydrogen-bond donors (Lipinski definition) is 2. The Morgan fingerprint density at radius 3 is 2.02 bits per heavy atom. The van der Waals surface area contributed by atoms with Crippen molar-refractivity contribution < 1.29 is 37.1 Å². The molecule has 1 heterocycles. The van der Waals surface area contributed by atoms with Gasteiger partial charge in [-0.25, -0.2) is 13.1 Å². The smallest absolute Gasteiger partial charge is 0.264 e. The largest absolute Gasteiger partial charge is 0.399 e. The minimum atomic E-state index is -4.16. The maximum atomic E-state index is 14.2. The maximum Gasteiger partial charge on any atom is 0.264 e. The number of hydrogen-bond acceptors (Lipinski definition) is 10. The molecule has 1 aromatic carbocycles. The predicted octanol–water partition coefficient (Wildman–Crippen LogP) is 3.81. The molecule has 0 saturated carbocycles. The highest BCUT2D eigenvalue weighted by Crippen LogP contribution is 2.31. The monoisotopic (exact) mass is 751 g/mol. The number of carbonyl (C=O) groups excluding carboxylic acids is 4. The van der Waals surface area contributed by atoms with Gasteiger partial charge < -0.3 is 25.0 Å². The van der Waals surface area contributed by atoms with E-state index in [4.69, 9.17) is 15.2 Å². The van der Waals surface area contributed by atoms with Crippen molar-refractivity contribution in [3.63, 3.8) is 0 Å². The Morgan fingerprint density at radius 1 is 0.942 bits per heavy atom. The van der Waals surface area contributed by atoms with E-state index in [9.17, 15) is 27.6 Å². The van der Waals surface area contributed by atoms with Crippen molar-refractivity contribution in [1.82, 2.24) is 19.4 Å². The Labute approximate surface area is 312 Å². The van der Waals surface area contributed by atoms with Crippen LogP contribution in [0, 0.1) is 29.6 Å². The molecule has 1 aliphatic heterocycles. The first-order chi connectivity index (χ1) is 24.2. The first-order valence-electron chi connectivity index (χ1n) is 18.5. The van der Waals surface area contributed by atoms with Gasteiger partial charge in [-0.1, -0.05) is 54.9 Å². The van der Waals surface area contributed by atoms with E-state index in [-0.39, 0.29) is 59.1 Å². The van der Waals surface area contributed by atoms with Gasteiger partial charge in [-0.3, -0.25) is 24.1 Å². The number of benzene rings is 1. The topological polar surface area (TPSA) is 169 Å². The van der Waals surface area contributed by atoms with Crippen LogP contribution in [0.2, 0.25) is 0 Å². The van der Waals surface area contributed by atoms with E-state index < -0.39 is 52.1 Å². The van der Waals surface area contributed by atoms with Crippen LogP contribution in [-0.4, -0.2) is 119 Å². The van der Waals surface area contributed by atoms with Gasteiger partial charge >= 0.3 is 0 Å². The number of ketones is 1. The molecule has 13 nitrogen and oxygen atoms in total. The molecule has 1 aliphatic rings. The quantitative estimate of drug-likeness (QED) is 0.187.